The highest BCUT2D eigenvalue weighted by molar-refractivity contribution is 5.71. The first-order valence-electron chi connectivity index (χ1n) is 7.69. The molecular formula is C18H14F4N4. The van der Waals surface area contributed by atoms with E-state index in [0.717, 1.165) is 17.7 Å². The van der Waals surface area contributed by atoms with Crippen molar-refractivity contribution in [1.82, 2.24) is 16.4 Å². The third kappa shape index (κ3) is 3.91. The summed E-state index contributed by atoms with van der Waals surface area (Å²) in [6, 6.07) is 10.9. The van der Waals surface area contributed by atoms with Gasteiger partial charge in [0.25, 0.3) is 0 Å². The van der Waals surface area contributed by atoms with E-state index < -0.39 is 23.6 Å². The van der Waals surface area contributed by atoms with Gasteiger partial charge in [0.05, 0.1) is 17.7 Å². The lowest BCUT2D eigenvalue weighted by Crippen LogP contribution is -2.32. The molecule has 4 nitrogen and oxygen atoms in total. The average molecular weight is 362 g/mol. The molecule has 1 heterocycles. The summed E-state index contributed by atoms with van der Waals surface area (Å²) >= 11 is 0. The highest BCUT2D eigenvalue weighted by atomic mass is 19.4. The minimum Gasteiger partial charge on any atom is -0.234 e. The Hall–Kier alpha value is -2.73. The third-order valence-corrected chi connectivity index (χ3v) is 3.97. The quantitative estimate of drug-likeness (QED) is 0.577. The van der Waals surface area contributed by atoms with E-state index in [0.29, 0.717) is 11.6 Å². The summed E-state index contributed by atoms with van der Waals surface area (Å²) in [4.78, 5) is 0. The van der Waals surface area contributed by atoms with Crippen molar-refractivity contribution in [2.24, 2.45) is 0 Å². The van der Waals surface area contributed by atoms with Crippen LogP contribution < -0.4 is 16.4 Å². The number of rotatable bonds is 3. The molecule has 0 aliphatic carbocycles. The lowest BCUT2D eigenvalue weighted by molar-refractivity contribution is -0.137. The third-order valence-electron chi connectivity index (χ3n) is 3.97. The van der Waals surface area contributed by atoms with Crippen molar-refractivity contribution in [1.29, 1.82) is 5.26 Å². The number of nitrogens with one attached hydrogen (secondary N) is 3. The smallest absolute Gasteiger partial charge is 0.234 e. The number of hydrogen-bond acceptors (Lipinski definition) is 4. The molecule has 3 rings (SSSR count). The molecule has 3 N–H and O–H groups in total. The fraction of sp³-hybridized carbons (Fsp3) is 0.167. The average Bonchev–Trinajstić information content (AvgIpc) is 3.09. The maximum Gasteiger partial charge on any atom is 0.417 e. The molecule has 2 unspecified atom stereocenters. The van der Waals surface area contributed by atoms with E-state index in [1.165, 1.54) is 12.2 Å². The van der Waals surface area contributed by atoms with Gasteiger partial charge in [-0.1, -0.05) is 42.5 Å². The van der Waals surface area contributed by atoms with Gasteiger partial charge in [-0.2, -0.15) is 24.0 Å². The Balaban J connectivity index is 1.89. The zero-order valence-electron chi connectivity index (χ0n) is 13.3. The molecule has 0 bridgehead atoms. The maximum absolute atomic E-state index is 13.2. The van der Waals surface area contributed by atoms with Crippen LogP contribution in [0.25, 0.3) is 12.2 Å². The van der Waals surface area contributed by atoms with Crippen LogP contribution in [0.1, 0.15) is 28.3 Å². The number of hydrogen-bond donors (Lipinski definition) is 3. The van der Waals surface area contributed by atoms with E-state index in [1.807, 2.05) is 6.07 Å². The molecule has 0 radical (unpaired) electrons. The summed E-state index contributed by atoms with van der Waals surface area (Å²) in [7, 11) is 0. The fourth-order valence-corrected chi connectivity index (χ4v) is 2.71. The molecule has 1 aliphatic heterocycles. The van der Waals surface area contributed by atoms with Crippen LogP contribution in [0.15, 0.2) is 42.5 Å². The molecule has 1 saturated heterocycles. The van der Waals surface area contributed by atoms with Gasteiger partial charge in [0, 0.05) is 0 Å². The van der Waals surface area contributed by atoms with Crippen LogP contribution in [0.2, 0.25) is 0 Å². The van der Waals surface area contributed by atoms with Gasteiger partial charge in [-0.15, -0.1) is 0 Å². The van der Waals surface area contributed by atoms with Gasteiger partial charge < -0.3 is 0 Å². The standard InChI is InChI=1S/C18H14F4N4/c19-14-7-6-12(15(9-14)18(20,21)22)5-4-11-2-1-3-13(8-11)17-16(10-23)24-26-25-17/h1-9,16-17,24-26H/b5-4+. The van der Waals surface area contributed by atoms with Crippen LogP contribution in [0.5, 0.6) is 0 Å². The molecule has 8 heteroatoms. The Morgan fingerprint density at radius 2 is 1.85 bits per heavy atom. The van der Waals surface area contributed by atoms with Gasteiger partial charge in [0.1, 0.15) is 11.9 Å². The summed E-state index contributed by atoms with van der Waals surface area (Å²) < 4.78 is 52.3. The van der Waals surface area contributed by atoms with E-state index in [2.05, 4.69) is 22.5 Å². The Bertz CT molecular complexity index is 870. The topological polar surface area (TPSA) is 59.9 Å². The Labute approximate surface area is 147 Å². The molecule has 0 spiro atoms. The van der Waals surface area contributed by atoms with Crippen molar-refractivity contribution >= 4 is 12.2 Å². The van der Waals surface area contributed by atoms with Crippen molar-refractivity contribution in [2.45, 2.75) is 18.3 Å². The summed E-state index contributed by atoms with van der Waals surface area (Å²) in [6.07, 6.45) is -1.83. The van der Waals surface area contributed by atoms with Gasteiger partial charge in [-0.05, 0) is 28.8 Å². The van der Waals surface area contributed by atoms with Crippen LogP contribution in [0.4, 0.5) is 17.6 Å². The van der Waals surface area contributed by atoms with Gasteiger partial charge in [-0.25, -0.2) is 15.2 Å². The SMILES string of the molecule is N#CC1NNNC1c1cccc(/C=C/c2ccc(F)cc2C(F)(F)F)c1. The van der Waals surface area contributed by atoms with E-state index in [4.69, 9.17) is 5.26 Å². The zero-order valence-corrected chi connectivity index (χ0v) is 13.3. The molecule has 2 aromatic carbocycles. The minimum atomic E-state index is -4.64. The maximum atomic E-state index is 13.2. The summed E-state index contributed by atoms with van der Waals surface area (Å²) in [5.41, 5.74) is 8.65. The van der Waals surface area contributed by atoms with Crippen molar-refractivity contribution in [3.05, 3.63) is 70.5 Å². The van der Waals surface area contributed by atoms with E-state index in [-0.39, 0.29) is 11.6 Å². The summed E-state index contributed by atoms with van der Waals surface area (Å²) in [5.74, 6) is -0.939. The second kappa shape index (κ2) is 7.25. The highest BCUT2D eigenvalue weighted by Gasteiger charge is 2.33. The predicted octanol–water partition coefficient (Wildman–Crippen LogP) is 3.56. The number of benzene rings is 2. The number of nitrogens with zero attached hydrogens (tertiary/aromatic N) is 1. The summed E-state index contributed by atoms with van der Waals surface area (Å²) in [6.45, 7) is 0. The normalized spacial score (nSPS) is 20.4. The van der Waals surface area contributed by atoms with E-state index in [9.17, 15) is 17.6 Å². The summed E-state index contributed by atoms with van der Waals surface area (Å²) in [5, 5.41) is 9.10. The molecule has 0 saturated carbocycles. The fourth-order valence-electron chi connectivity index (χ4n) is 2.71. The monoisotopic (exact) mass is 362 g/mol. The number of halogens is 4. The van der Waals surface area contributed by atoms with Crippen LogP contribution in [0, 0.1) is 17.1 Å². The molecule has 0 aromatic heterocycles. The minimum absolute atomic E-state index is 0.124. The van der Waals surface area contributed by atoms with Crippen LogP contribution in [-0.4, -0.2) is 6.04 Å². The number of nitriles is 1. The Kier molecular flexibility index (Phi) is 5.04. The zero-order chi connectivity index (χ0) is 18.7. The van der Waals surface area contributed by atoms with Crippen molar-refractivity contribution < 1.29 is 17.6 Å². The Morgan fingerprint density at radius 3 is 2.58 bits per heavy atom. The molecule has 0 amide bonds. The highest BCUT2D eigenvalue weighted by Crippen LogP contribution is 2.33. The molecule has 26 heavy (non-hydrogen) atoms. The Morgan fingerprint density at radius 1 is 1.04 bits per heavy atom. The molecule has 1 aliphatic rings. The molecule has 1 fully saturated rings. The lowest BCUT2D eigenvalue weighted by Gasteiger charge is -2.13. The first-order chi connectivity index (χ1) is 12.4. The lowest BCUT2D eigenvalue weighted by atomic mass is 9.99. The van der Waals surface area contributed by atoms with Gasteiger partial charge in [0.15, 0.2) is 0 Å². The van der Waals surface area contributed by atoms with E-state index in [1.54, 1.807) is 18.2 Å². The largest absolute Gasteiger partial charge is 0.417 e. The van der Waals surface area contributed by atoms with Crippen molar-refractivity contribution in [3.63, 3.8) is 0 Å². The first kappa shape index (κ1) is 18.1. The van der Waals surface area contributed by atoms with E-state index >= 15 is 0 Å². The molecule has 2 aromatic rings. The van der Waals surface area contributed by atoms with Gasteiger partial charge >= 0.3 is 6.18 Å². The van der Waals surface area contributed by atoms with Crippen LogP contribution >= 0.6 is 0 Å². The second-order valence-electron chi connectivity index (χ2n) is 5.73. The van der Waals surface area contributed by atoms with Crippen LogP contribution in [-0.2, 0) is 6.18 Å². The van der Waals surface area contributed by atoms with Crippen molar-refractivity contribution in [2.75, 3.05) is 0 Å². The van der Waals surface area contributed by atoms with Gasteiger partial charge in [-0.3, -0.25) is 0 Å². The predicted molar refractivity (Wildman–Crippen MR) is 88.3 cm³/mol. The van der Waals surface area contributed by atoms with Crippen LogP contribution in [0.3, 0.4) is 0 Å². The number of hydrazine groups is 2. The van der Waals surface area contributed by atoms with Gasteiger partial charge in [0.2, 0.25) is 0 Å². The molecule has 2 atom stereocenters. The molecular weight excluding hydrogens is 348 g/mol. The molecule has 134 valence electrons. The van der Waals surface area contributed by atoms with Crippen molar-refractivity contribution in [3.8, 4) is 6.07 Å². The first-order valence-corrected chi connectivity index (χ1v) is 7.69. The second-order valence-corrected chi connectivity index (χ2v) is 5.73. The number of alkyl halides is 3.